The van der Waals surface area contributed by atoms with Crippen molar-refractivity contribution in [3.05, 3.63) is 108 Å². The van der Waals surface area contributed by atoms with Crippen LogP contribution in [0.5, 0.6) is 28.7 Å². The highest BCUT2D eigenvalue weighted by Crippen LogP contribution is 2.42. The van der Waals surface area contributed by atoms with E-state index in [4.69, 9.17) is 24.0 Å². The number of hydrogen-bond donors (Lipinski definition) is 1. The minimum Gasteiger partial charge on any atom is -0.493 e. The molecule has 0 bridgehead atoms. The van der Waals surface area contributed by atoms with E-state index >= 15 is 0 Å². The Morgan fingerprint density at radius 3 is 2.37 bits per heavy atom. The molecule has 0 spiro atoms. The number of fused-ring (bicyclic) bond motifs is 2. The third-order valence-corrected chi connectivity index (χ3v) is 12.2. The number of aromatic nitrogens is 4. The molecule has 1 unspecified atom stereocenters. The quantitative estimate of drug-likeness (QED) is 0.0791. The summed E-state index contributed by atoms with van der Waals surface area (Å²) in [7, 11) is 2.88. The van der Waals surface area contributed by atoms with Gasteiger partial charge in [0.25, 0.3) is 5.91 Å². The lowest BCUT2D eigenvalue weighted by molar-refractivity contribution is -0.137. The summed E-state index contributed by atoms with van der Waals surface area (Å²) < 4.78 is 25.0. The Hall–Kier alpha value is -8.02. The number of nitrogens with one attached hydrogen (secondary N) is 1. The van der Waals surface area contributed by atoms with E-state index in [2.05, 4.69) is 25.5 Å². The molecule has 3 aliphatic rings. The van der Waals surface area contributed by atoms with Crippen LogP contribution in [0.15, 0.2) is 101 Å². The van der Waals surface area contributed by atoms with Crippen molar-refractivity contribution in [1.29, 1.82) is 0 Å². The molecule has 0 radical (unpaired) electrons. The number of ether oxygens (including phenoxy) is 4. The Labute approximate surface area is 384 Å². The molecule has 4 aromatic carbocycles. The number of rotatable bonds is 15. The summed E-state index contributed by atoms with van der Waals surface area (Å²) in [6.45, 7) is 2.71. The number of likely N-dealkylation sites (tertiary alicyclic amines) is 1. The van der Waals surface area contributed by atoms with E-state index in [0.29, 0.717) is 47.0 Å². The van der Waals surface area contributed by atoms with Gasteiger partial charge in [-0.1, -0.05) is 24.3 Å². The third kappa shape index (κ3) is 9.27. The number of methoxy groups -OCH3 is 2. The molecule has 2 saturated heterocycles. The molecule has 0 aliphatic carbocycles. The van der Waals surface area contributed by atoms with Crippen LogP contribution in [0.4, 0.5) is 11.4 Å². The number of hydrogen-bond acceptors (Lipinski definition) is 14. The van der Waals surface area contributed by atoms with Gasteiger partial charge in [-0.25, -0.2) is 14.6 Å². The maximum absolute atomic E-state index is 13.6. The Kier molecular flexibility index (Phi) is 12.7. The molecule has 9 rings (SSSR count). The van der Waals surface area contributed by atoms with Crippen molar-refractivity contribution >= 4 is 51.8 Å². The summed E-state index contributed by atoms with van der Waals surface area (Å²) in [6, 6.07) is 24.6. The number of piperidine rings is 2. The van der Waals surface area contributed by atoms with Crippen LogP contribution < -0.4 is 24.3 Å². The van der Waals surface area contributed by atoms with Gasteiger partial charge in [-0.2, -0.15) is 15.3 Å². The predicted octanol–water partition coefficient (Wildman–Crippen LogP) is 7.38. The van der Waals surface area contributed by atoms with E-state index in [1.165, 1.54) is 25.4 Å². The van der Waals surface area contributed by atoms with Crippen LogP contribution in [0.25, 0.3) is 22.3 Å². The van der Waals surface area contributed by atoms with Gasteiger partial charge >= 0.3 is 0 Å². The number of aryl methyl sites for hydroxylation is 1. The molecular formula is C49H47N9O9. The maximum atomic E-state index is 13.6. The summed E-state index contributed by atoms with van der Waals surface area (Å²) in [4.78, 5) is 76.7. The normalized spacial score (nSPS) is 17.1. The molecular weight excluding hydrogens is 859 g/mol. The molecule has 18 nitrogen and oxygen atoms in total. The lowest BCUT2D eigenvalue weighted by atomic mass is 10.0. The van der Waals surface area contributed by atoms with Gasteiger partial charge < -0.3 is 28.7 Å². The first-order valence-corrected chi connectivity index (χ1v) is 22.0. The van der Waals surface area contributed by atoms with Crippen molar-refractivity contribution in [2.45, 2.75) is 64.1 Å². The number of carbonyl (C=O) groups excluding carboxylic acids is 5. The monoisotopic (exact) mass is 905 g/mol. The zero-order valence-electron chi connectivity index (χ0n) is 37.1. The zero-order valence-corrected chi connectivity index (χ0v) is 37.1. The highest BCUT2D eigenvalue weighted by atomic mass is 16.5. The van der Waals surface area contributed by atoms with Gasteiger partial charge in [-0.3, -0.25) is 29.3 Å². The van der Waals surface area contributed by atoms with E-state index in [0.717, 1.165) is 40.9 Å². The molecule has 5 heterocycles. The van der Waals surface area contributed by atoms with Crippen molar-refractivity contribution in [2.24, 2.45) is 10.2 Å². The standard InChI is InChI=1S/C49H47N9O9/c1-29-44-45(30-14-17-35(18-15-30)67-34-10-5-4-6-11-34)55-58(47(44)51-28-50-29)32-9-8-22-56(25-32)43(61)21-16-33(59)27-66-46-40(64-2)23-31(24-41(46)65-3)53-54-38-13-7-12-36-37(38)26-57(49(36)63)39-19-20-42(60)52-48(39)62/h4-7,10-15,17-18,23-24,28,32,39H,8-9,16,19-22,25-27H2,1-3H3,(H,52,60,62)/t32-,39?/m1/s1. The second-order valence-electron chi connectivity index (χ2n) is 16.4. The smallest absolute Gasteiger partial charge is 0.255 e. The fourth-order valence-corrected chi connectivity index (χ4v) is 8.73. The lowest BCUT2D eigenvalue weighted by Crippen LogP contribution is -2.52. The number of azo groups is 1. The van der Waals surface area contributed by atoms with E-state index in [-0.39, 0.29) is 85.6 Å². The van der Waals surface area contributed by atoms with Gasteiger partial charge in [0.15, 0.2) is 22.9 Å². The molecule has 4 amide bonds. The highest BCUT2D eigenvalue weighted by molar-refractivity contribution is 6.06. The maximum Gasteiger partial charge on any atom is 0.255 e. The Morgan fingerprint density at radius 1 is 0.866 bits per heavy atom. The van der Waals surface area contributed by atoms with Crippen molar-refractivity contribution in [3.8, 4) is 40.0 Å². The van der Waals surface area contributed by atoms with E-state index in [1.807, 2.05) is 66.2 Å². The van der Waals surface area contributed by atoms with Gasteiger partial charge in [0.05, 0.1) is 42.7 Å². The number of carbonyl (C=O) groups is 5. The van der Waals surface area contributed by atoms with Gasteiger partial charge in [0.1, 0.15) is 36.2 Å². The summed E-state index contributed by atoms with van der Waals surface area (Å²) in [6.07, 6.45) is 3.44. The minimum atomic E-state index is -0.763. The first-order chi connectivity index (χ1) is 32.6. The Morgan fingerprint density at radius 2 is 1.63 bits per heavy atom. The lowest BCUT2D eigenvalue weighted by Gasteiger charge is -2.33. The molecule has 3 aliphatic heterocycles. The second kappa shape index (κ2) is 19.2. The molecule has 342 valence electrons. The molecule has 2 atom stereocenters. The summed E-state index contributed by atoms with van der Waals surface area (Å²) >= 11 is 0. The fraction of sp³-hybridized carbons (Fsp3) is 0.306. The fourth-order valence-electron chi connectivity index (χ4n) is 8.73. The van der Waals surface area contributed by atoms with Gasteiger partial charge in [-0.15, -0.1) is 0 Å². The SMILES string of the molecule is COc1cc(N=Nc2cccc3c2CN(C2CCC(=O)NC2=O)C3=O)cc(OC)c1OCC(=O)CCC(=O)N1CCC[C@@H](n2nc(-c3ccc(Oc4ccccc4)cc3)c3c(C)ncnc32)C1. The van der Waals surface area contributed by atoms with Crippen LogP contribution in [0.1, 0.15) is 66.2 Å². The summed E-state index contributed by atoms with van der Waals surface area (Å²) in [5.41, 5.74) is 4.91. The molecule has 2 fully saturated rings. The Bertz CT molecular complexity index is 2890. The van der Waals surface area contributed by atoms with Crippen molar-refractivity contribution in [1.82, 2.24) is 34.9 Å². The minimum absolute atomic E-state index is 0.00631. The first-order valence-electron chi connectivity index (χ1n) is 22.0. The molecule has 1 N–H and O–H groups in total. The van der Waals surface area contributed by atoms with Crippen LogP contribution >= 0.6 is 0 Å². The number of ketones is 1. The second-order valence-corrected chi connectivity index (χ2v) is 16.4. The van der Waals surface area contributed by atoms with E-state index < -0.39 is 11.9 Å². The number of benzene rings is 4. The average molecular weight is 906 g/mol. The van der Waals surface area contributed by atoms with Gasteiger partial charge in [0.2, 0.25) is 23.5 Å². The third-order valence-electron chi connectivity index (χ3n) is 12.2. The van der Waals surface area contributed by atoms with Gasteiger partial charge in [-0.05, 0) is 74.7 Å². The molecule has 6 aromatic rings. The number of amides is 4. The number of para-hydroxylation sites is 1. The van der Waals surface area contributed by atoms with Crippen molar-refractivity contribution < 1.29 is 42.9 Å². The Balaban J connectivity index is 0.818. The predicted molar refractivity (Wildman–Crippen MR) is 243 cm³/mol. The molecule has 2 aromatic heterocycles. The summed E-state index contributed by atoms with van der Waals surface area (Å²) in [5.74, 6) is 0.474. The van der Waals surface area contributed by atoms with Crippen LogP contribution in [0.3, 0.4) is 0 Å². The number of nitrogens with zero attached hydrogens (tertiary/aromatic N) is 8. The first kappa shape index (κ1) is 44.2. The van der Waals surface area contributed by atoms with Crippen LogP contribution in [0.2, 0.25) is 0 Å². The van der Waals surface area contributed by atoms with Crippen molar-refractivity contribution in [2.75, 3.05) is 33.9 Å². The highest BCUT2D eigenvalue weighted by Gasteiger charge is 2.40. The molecule has 67 heavy (non-hydrogen) atoms. The van der Waals surface area contributed by atoms with E-state index in [9.17, 15) is 24.0 Å². The van der Waals surface area contributed by atoms with Crippen LogP contribution in [-0.4, -0.2) is 98.9 Å². The van der Waals surface area contributed by atoms with E-state index in [1.54, 1.807) is 35.2 Å². The largest absolute Gasteiger partial charge is 0.493 e. The average Bonchev–Trinajstić information content (AvgIpc) is 3.91. The topological polar surface area (TPSA) is 209 Å². The van der Waals surface area contributed by atoms with Crippen molar-refractivity contribution in [3.63, 3.8) is 0 Å². The number of Topliss-reactive ketones (excluding diaryl/α,β-unsaturated/α-hetero) is 1. The van der Waals surface area contributed by atoms with Gasteiger partial charge in [0, 0.05) is 67.7 Å². The summed E-state index contributed by atoms with van der Waals surface area (Å²) in [5, 5.41) is 17.0. The van der Waals surface area contributed by atoms with Crippen LogP contribution in [0, 0.1) is 6.92 Å². The molecule has 18 heteroatoms. The van der Waals surface area contributed by atoms with Crippen LogP contribution in [-0.2, 0) is 25.7 Å². The number of imide groups is 1. The molecule has 0 saturated carbocycles. The zero-order chi connectivity index (χ0) is 46.6.